The van der Waals surface area contributed by atoms with Gasteiger partial charge in [-0.05, 0) is 49.2 Å². The van der Waals surface area contributed by atoms with Gasteiger partial charge in [0.05, 0.1) is 11.5 Å². The van der Waals surface area contributed by atoms with E-state index in [9.17, 15) is 18.8 Å². The van der Waals surface area contributed by atoms with Gasteiger partial charge >= 0.3 is 5.97 Å². The largest absolute Gasteiger partial charge is 0.457 e. The summed E-state index contributed by atoms with van der Waals surface area (Å²) in [5.41, 5.74) is 0.444. The lowest BCUT2D eigenvalue weighted by atomic mass is 9.96. The molecule has 0 atom stereocenters. The summed E-state index contributed by atoms with van der Waals surface area (Å²) >= 11 is 5.83. The van der Waals surface area contributed by atoms with Gasteiger partial charge < -0.3 is 9.64 Å². The van der Waals surface area contributed by atoms with E-state index in [-0.39, 0.29) is 17.4 Å². The molecule has 0 radical (unpaired) electrons. The number of nitrogens with zero attached hydrogens (tertiary/aromatic N) is 1. The Morgan fingerprint density at radius 2 is 1.68 bits per heavy atom. The van der Waals surface area contributed by atoms with Crippen molar-refractivity contribution >= 4 is 29.3 Å². The van der Waals surface area contributed by atoms with Crippen molar-refractivity contribution in [1.29, 1.82) is 0 Å². The SMILES string of the molecule is O=C(COC(=O)C1CCN(C(=O)c2ccc(Cl)cc2)CC1)c1ccccc1F. The molecule has 0 aromatic heterocycles. The van der Waals surface area contributed by atoms with Gasteiger partial charge in [0, 0.05) is 23.7 Å². The summed E-state index contributed by atoms with van der Waals surface area (Å²) in [6.45, 7) is 0.342. The number of amides is 1. The van der Waals surface area contributed by atoms with Crippen molar-refractivity contribution in [3.8, 4) is 0 Å². The van der Waals surface area contributed by atoms with E-state index in [4.69, 9.17) is 16.3 Å². The minimum atomic E-state index is -0.641. The first kappa shape index (κ1) is 20.0. The van der Waals surface area contributed by atoms with E-state index in [0.717, 1.165) is 0 Å². The molecule has 0 spiro atoms. The van der Waals surface area contributed by atoms with Crippen LogP contribution in [0.25, 0.3) is 0 Å². The maximum Gasteiger partial charge on any atom is 0.309 e. The van der Waals surface area contributed by atoms with Gasteiger partial charge in [-0.25, -0.2) is 4.39 Å². The highest BCUT2D eigenvalue weighted by Gasteiger charge is 2.29. The second-order valence-corrected chi connectivity index (χ2v) is 7.02. The molecule has 0 unspecified atom stereocenters. The average Bonchev–Trinajstić information content (AvgIpc) is 2.72. The number of ketones is 1. The summed E-state index contributed by atoms with van der Waals surface area (Å²) in [5, 5.41) is 0.558. The third kappa shape index (κ3) is 4.75. The molecule has 3 rings (SSSR count). The van der Waals surface area contributed by atoms with Crippen LogP contribution in [0.4, 0.5) is 4.39 Å². The molecule has 2 aromatic carbocycles. The summed E-state index contributed by atoms with van der Waals surface area (Å²) in [6, 6.07) is 12.2. The van der Waals surface area contributed by atoms with Crippen LogP contribution in [0.3, 0.4) is 0 Å². The van der Waals surface area contributed by atoms with E-state index in [2.05, 4.69) is 0 Å². The van der Waals surface area contributed by atoms with E-state index in [1.807, 2.05) is 0 Å². The number of halogens is 2. The number of hydrogen-bond donors (Lipinski definition) is 0. The van der Waals surface area contributed by atoms with Crippen molar-refractivity contribution in [1.82, 2.24) is 4.90 Å². The molecule has 2 aromatic rings. The predicted octanol–water partition coefficient (Wildman–Crippen LogP) is 3.76. The van der Waals surface area contributed by atoms with E-state index < -0.39 is 24.2 Å². The average molecular weight is 404 g/mol. The van der Waals surface area contributed by atoms with Gasteiger partial charge in [-0.2, -0.15) is 0 Å². The van der Waals surface area contributed by atoms with E-state index in [0.29, 0.717) is 36.5 Å². The van der Waals surface area contributed by atoms with Gasteiger partial charge in [-0.3, -0.25) is 14.4 Å². The molecule has 5 nitrogen and oxygen atoms in total. The first-order chi connectivity index (χ1) is 13.5. The van der Waals surface area contributed by atoms with Gasteiger partial charge in [-0.1, -0.05) is 23.7 Å². The first-order valence-corrected chi connectivity index (χ1v) is 9.32. The maximum atomic E-state index is 13.6. The van der Waals surface area contributed by atoms with Crippen molar-refractivity contribution in [3.05, 3.63) is 70.5 Å². The van der Waals surface area contributed by atoms with Crippen molar-refractivity contribution in [2.45, 2.75) is 12.8 Å². The molecule has 7 heteroatoms. The van der Waals surface area contributed by atoms with E-state index in [1.54, 1.807) is 35.2 Å². The lowest BCUT2D eigenvalue weighted by Crippen LogP contribution is -2.40. The Kier molecular flexibility index (Phi) is 6.41. The number of esters is 1. The number of ether oxygens (including phenoxy) is 1. The lowest BCUT2D eigenvalue weighted by molar-refractivity contribution is -0.148. The van der Waals surface area contributed by atoms with Crippen LogP contribution in [0, 0.1) is 11.7 Å². The van der Waals surface area contributed by atoms with Crippen molar-refractivity contribution in [3.63, 3.8) is 0 Å². The zero-order chi connectivity index (χ0) is 20.1. The summed E-state index contributed by atoms with van der Waals surface area (Å²) in [4.78, 5) is 38.4. The molecule has 0 saturated carbocycles. The molecule has 0 aliphatic carbocycles. The minimum Gasteiger partial charge on any atom is -0.457 e. The fourth-order valence-corrected chi connectivity index (χ4v) is 3.24. The van der Waals surface area contributed by atoms with Crippen LogP contribution in [-0.4, -0.2) is 42.3 Å². The number of Topliss-reactive ketones (excluding diaryl/α,β-unsaturated/α-hetero) is 1. The summed E-state index contributed by atoms with van der Waals surface area (Å²) in [7, 11) is 0. The van der Waals surface area contributed by atoms with Crippen molar-refractivity contribution < 1.29 is 23.5 Å². The Bertz CT molecular complexity index is 876. The summed E-state index contributed by atoms with van der Waals surface area (Å²) in [5.74, 6) is -2.22. The van der Waals surface area contributed by atoms with Crippen LogP contribution in [-0.2, 0) is 9.53 Å². The lowest BCUT2D eigenvalue weighted by Gasteiger charge is -2.31. The Labute approximate surface area is 167 Å². The number of hydrogen-bond acceptors (Lipinski definition) is 4. The second kappa shape index (κ2) is 8.97. The highest BCUT2D eigenvalue weighted by atomic mass is 35.5. The zero-order valence-electron chi connectivity index (χ0n) is 15.1. The fourth-order valence-electron chi connectivity index (χ4n) is 3.11. The Hall–Kier alpha value is -2.73. The van der Waals surface area contributed by atoms with Crippen LogP contribution in [0.5, 0.6) is 0 Å². The first-order valence-electron chi connectivity index (χ1n) is 8.95. The third-order valence-corrected chi connectivity index (χ3v) is 4.98. The number of rotatable bonds is 5. The highest BCUT2D eigenvalue weighted by molar-refractivity contribution is 6.30. The molecule has 1 amide bonds. The van der Waals surface area contributed by atoms with Crippen LogP contribution in [0.15, 0.2) is 48.5 Å². The monoisotopic (exact) mass is 403 g/mol. The predicted molar refractivity (Wildman–Crippen MR) is 102 cm³/mol. The van der Waals surface area contributed by atoms with Crippen LogP contribution < -0.4 is 0 Å². The minimum absolute atomic E-state index is 0.0984. The molecule has 1 aliphatic rings. The maximum absolute atomic E-state index is 13.6. The Morgan fingerprint density at radius 1 is 1.04 bits per heavy atom. The smallest absolute Gasteiger partial charge is 0.309 e. The molecule has 1 aliphatic heterocycles. The summed E-state index contributed by atoms with van der Waals surface area (Å²) < 4.78 is 18.7. The van der Waals surface area contributed by atoms with Crippen LogP contribution in [0.1, 0.15) is 33.6 Å². The summed E-state index contributed by atoms with van der Waals surface area (Å²) in [6.07, 6.45) is 0.901. The number of carbonyl (C=O) groups is 3. The quantitative estimate of drug-likeness (QED) is 0.563. The zero-order valence-corrected chi connectivity index (χ0v) is 15.8. The normalized spacial score (nSPS) is 14.6. The molecular formula is C21H19ClFNO4. The van der Waals surface area contributed by atoms with E-state index in [1.165, 1.54) is 18.2 Å². The Morgan fingerprint density at radius 3 is 2.32 bits per heavy atom. The molecule has 1 heterocycles. The number of likely N-dealkylation sites (tertiary alicyclic amines) is 1. The third-order valence-electron chi connectivity index (χ3n) is 4.73. The number of benzene rings is 2. The molecular weight excluding hydrogens is 385 g/mol. The van der Waals surface area contributed by atoms with Gasteiger partial charge in [0.25, 0.3) is 5.91 Å². The van der Waals surface area contributed by atoms with Crippen LogP contribution >= 0.6 is 11.6 Å². The molecule has 0 bridgehead atoms. The van der Waals surface area contributed by atoms with Crippen molar-refractivity contribution in [2.75, 3.05) is 19.7 Å². The second-order valence-electron chi connectivity index (χ2n) is 6.58. The fraction of sp³-hybridized carbons (Fsp3) is 0.286. The van der Waals surface area contributed by atoms with E-state index >= 15 is 0 Å². The number of piperidine rings is 1. The number of carbonyl (C=O) groups excluding carboxylic acids is 3. The van der Waals surface area contributed by atoms with Crippen LogP contribution in [0.2, 0.25) is 5.02 Å². The molecule has 28 heavy (non-hydrogen) atoms. The van der Waals surface area contributed by atoms with Gasteiger partial charge in [-0.15, -0.1) is 0 Å². The standard InChI is InChI=1S/C21H19ClFNO4/c22-16-7-5-14(6-8-16)20(26)24-11-9-15(10-12-24)21(27)28-13-19(25)17-3-1-2-4-18(17)23/h1-8,15H,9-13H2. The molecule has 1 saturated heterocycles. The Balaban J connectivity index is 1.48. The molecule has 0 N–H and O–H groups in total. The molecule has 146 valence electrons. The van der Waals surface area contributed by atoms with Crippen molar-refractivity contribution in [2.24, 2.45) is 5.92 Å². The van der Waals surface area contributed by atoms with Gasteiger partial charge in [0.15, 0.2) is 6.61 Å². The van der Waals surface area contributed by atoms with Gasteiger partial charge in [0.2, 0.25) is 5.78 Å². The topological polar surface area (TPSA) is 63.7 Å². The van der Waals surface area contributed by atoms with Gasteiger partial charge in [0.1, 0.15) is 5.82 Å². The highest BCUT2D eigenvalue weighted by Crippen LogP contribution is 2.21. The molecule has 1 fully saturated rings.